The van der Waals surface area contributed by atoms with E-state index in [2.05, 4.69) is 5.32 Å². The first kappa shape index (κ1) is 14.4. The van der Waals surface area contributed by atoms with Crippen LogP contribution in [0.25, 0.3) is 0 Å². The highest BCUT2D eigenvalue weighted by atomic mass is 16.3. The molecule has 2 atom stereocenters. The Balaban J connectivity index is 2.34. The number of phenolic OH excluding ortho intramolecular Hbond substituents is 1. The number of hydrogen-bond donors (Lipinski definition) is 2. The minimum atomic E-state index is -0.852. The second-order valence-corrected chi connectivity index (χ2v) is 5.42. The van der Waals surface area contributed by atoms with Crippen molar-refractivity contribution in [2.75, 3.05) is 0 Å². The molecular weight excluding hydrogens is 256 g/mol. The smallest absolute Gasteiger partial charge is 0.246 e. The van der Waals surface area contributed by atoms with Crippen LogP contribution in [-0.2, 0) is 16.1 Å². The van der Waals surface area contributed by atoms with Gasteiger partial charge < -0.3 is 15.3 Å². The second kappa shape index (κ2) is 5.15. The molecule has 0 radical (unpaired) electrons. The number of phenols is 1. The predicted molar refractivity (Wildman–Crippen MR) is 75.0 cm³/mol. The average molecular weight is 276 g/mol. The van der Waals surface area contributed by atoms with E-state index in [1.165, 1.54) is 0 Å². The first-order chi connectivity index (χ1) is 9.38. The van der Waals surface area contributed by atoms with Gasteiger partial charge in [0.15, 0.2) is 0 Å². The molecule has 0 aromatic heterocycles. The fourth-order valence-corrected chi connectivity index (χ4v) is 2.45. The van der Waals surface area contributed by atoms with Crippen molar-refractivity contribution >= 4 is 11.8 Å². The lowest BCUT2D eigenvalue weighted by Crippen LogP contribution is -2.68. The van der Waals surface area contributed by atoms with Crippen molar-refractivity contribution in [1.82, 2.24) is 10.2 Å². The Labute approximate surface area is 118 Å². The van der Waals surface area contributed by atoms with E-state index < -0.39 is 11.6 Å². The summed E-state index contributed by atoms with van der Waals surface area (Å²) in [6, 6.07) is 6.24. The lowest BCUT2D eigenvalue weighted by molar-refractivity contribution is -0.157. The Morgan fingerprint density at radius 2 is 2.10 bits per heavy atom. The highest BCUT2D eigenvalue weighted by molar-refractivity contribution is 5.99. The van der Waals surface area contributed by atoms with Gasteiger partial charge in [0.05, 0.1) is 0 Å². The number of amides is 2. The van der Waals surface area contributed by atoms with Crippen molar-refractivity contribution in [3.05, 3.63) is 29.8 Å². The number of carbonyl (C=O) groups excluding carboxylic acids is 2. The Kier molecular flexibility index (Phi) is 3.70. The molecule has 1 aliphatic rings. The van der Waals surface area contributed by atoms with Gasteiger partial charge in [-0.3, -0.25) is 9.59 Å². The quantitative estimate of drug-likeness (QED) is 0.877. The molecule has 1 saturated heterocycles. The lowest BCUT2D eigenvalue weighted by atomic mass is 9.90. The minimum absolute atomic E-state index is 0.0997. The van der Waals surface area contributed by atoms with Gasteiger partial charge in [-0.15, -0.1) is 0 Å². The number of carbonyl (C=O) groups is 2. The monoisotopic (exact) mass is 276 g/mol. The highest BCUT2D eigenvalue weighted by Crippen LogP contribution is 2.27. The molecule has 1 fully saturated rings. The van der Waals surface area contributed by atoms with E-state index in [1.807, 2.05) is 13.0 Å². The van der Waals surface area contributed by atoms with Gasteiger partial charge >= 0.3 is 0 Å². The van der Waals surface area contributed by atoms with Crippen LogP contribution in [0.1, 0.15) is 32.8 Å². The molecule has 0 aliphatic carbocycles. The van der Waals surface area contributed by atoms with Crippen LogP contribution in [0.5, 0.6) is 5.75 Å². The minimum Gasteiger partial charge on any atom is -0.508 e. The van der Waals surface area contributed by atoms with Crippen LogP contribution in [0.4, 0.5) is 0 Å². The van der Waals surface area contributed by atoms with E-state index in [0.717, 1.165) is 5.56 Å². The third kappa shape index (κ3) is 2.35. The standard InChI is InChI=1S/C15H20N2O3/c1-4-15(3)14(20)16-10(2)13(19)17(15)9-11-6-5-7-12(18)8-11/h5-8,10,18H,4,9H2,1-3H3,(H,16,20). The molecule has 2 unspecified atom stereocenters. The number of nitrogens with zero attached hydrogens (tertiary/aromatic N) is 1. The van der Waals surface area contributed by atoms with E-state index in [9.17, 15) is 14.7 Å². The zero-order valence-electron chi connectivity index (χ0n) is 12.0. The maximum atomic E-state index is 12.4. The summed E-state index contributed by atoms with van der Waals surface area (Å²) >= 11 is 0. The maximum Gasteiger partial charge on any atom is 0.246 e. The molecule has 2 N–H and O–H groups in total. The Bertz CT molecular complexity index is 544. The number of hydrogen-bond acceptors (Lipinski definition) is 3. The fraction of sp³-hybridized carbons (Fsp3) is 0.467. The number of piperazine rings is 1. The second-order valence-electron chi connectivity index (χ2n) is 5.42. The molecule has 5 heteroatoms. The summed E-state index contributed by atoms with van der Waals surface area (Å²) in [5.74, 6) is -0.0767. The summed E-state index contributed by atoms with van der Waals surface area (Å²) in [6.07, 6.45) is 0.538. The number of benzene rings is 1. The Morgan fingerprint density at radius 1 is 1.40 bits per heavy atom. The molecule has 0 bridgehead atoms. The Morgan fingerprint density at radius 3 is 2.70 bits per heavy atom. The van der Waals surface area contributed by atoms with Crippen molar-refractivity contribution in [3.8, 4) is 5.75 Å². The average Bonchev–Trinajstić information content (AvgIpc) is 2.41. The van der Waals surface area contributed by atoms with E-state index in [1.54, 1.807) is 36.9 Å². The number of nitrogens with one attached hydrogen (secondary N) is 1. The third-order valence-electron chi connectivity index (χ3n) is 4.01. The molecule has 1 aromatic carbocycles. The maximum absolute atomic E-state index is 12.4. The van der Waals surface area contributed by atoms with Crippen LogP contribution in [0, 0.1) is 0 Å². The largest absolute Gasteiger partial charge is 0.508 e. The van der Waals surface area contributed by atoms with Gasteiger partial charge in [0.25, 0.3) is 0 Å². The summed E-state index contributed by atoms with van der Waals surface area (Å²) in [4.78, 5) is 26.2. The normalized spacial score (nSPS) is 26.6. The molecule has 1 heterocycles. The molecule has 2 rings (SSSR count). The SMILES string of the molecule is CCC1(C)C(=O)NC(C)C(=O)N1Cc1cccc(O)c1. The van der Waals surface area contributed by atoms with Crippen LogP contribution in [0.15, 0.2) is 24.3 Å². The zero-order chi connectivity index (χ0) is 14.9. The molecule has 2 amide bonds. The van der Waals surface area contributed by atoms with E-state index in [0.29, 0.717) is 13.0 Å². The van der Waals surface area contributed by atoms with Crippen LogP contribution in [0.3, 0.4) is 0 Å². The van der Waals surface area contributed by atoms with Crippen LogP contribution in [0.2, 0.25) is 0 Å². The summed E-state index contributed by atoms with van der Waals surface area (Å²) in [5, 5.41) is 12.2. The summed E-state index contributed by atoms with van der Waals surface area (Å²) < 4.78 is 0. The molecule has 1 aromatic rings. The van der Waals surface area contributed by atoms with Crippen molar-refractivity contribution in [1.29, 1.82) is 0 Å². The van der Waals surface area contributed by atoms with Gasteiger partial charge in [0.2, 0.25) is 11.8 Å². The molecular formula is C15H20N2O3. The van der Waals surface area contributed by atoms with Crippen molar-refractivity contribution in [2.24, 2.45) is 0 Å². The van der Waals surface area contributed by atoms with E-state index >= 15 is 0 Å². The van der Waals surface area contributed by atoms with Crippen molar-refractivity contribution in [3.63, 3.8) is 0 Å². The van der Waals surface area contributed by atoms with Crippen LogP contribution in [-0.4, -0.2) is 33.4 Å². The molecule has 1 aliphatic heterocycles. The van der Waals surface area contributed by atoms with Gasteiger partial charge in [-0.05, 0) is 38.0 Å². The number of aromatic hydroxyl groups is 1. The van der Waals surface area contributed by atoms with Crippen LogP contribution >= 0.6 is 0 Å². The van der Waals surface area contributed by atoms with E-state index in [-0.39, 0.29) is 17.6 Å². The highest BCUT2D eigenvalue weighted by Gasteiger charge is 2.46. The third-order valence-corrected chi connectivity index (χ3v) is 4.01. The first-order valence-electron chi connectivity index (χ1n) is 6.79. The molecule has 5 nitrogen and oxygen atoms in total. The Hall–Kier alpha value is -2.04. The zero-order valence-corrected chi connectivity index (χ0v) is 12.0. The predicted octanol–water partition coefficient (Wildman–Crippen LogP) is 1.41. The molecule has 108 valence electrons. The topological polar surface area (TPSA) is 69.6 Å². The summed E-state index contributed by atoms with van der Waals surface area (Å²) in [5.41, 5.74) is -0.0466. The molecule has 0 saturated carbocycles. The van der Waals surface area contributed by atoms with Gasteiger partial charge in [0.1, 0.15) is 17.3 Å². The van der Waals surface area contributed by atoms with E-state index in [4.69, 9.17) is 0 Å². The first-order valence-corrected chi connectivity index (χ1v) is 6.79. The number of rotatable bonds is 3. The van der Waals surface area contributed by atoms with Gasteiger partial charge in [-0.2, -0.15) is 0 Å². The molecule has 20 heavy (non-hydrogen) atoms. The summed E-state index contributed by atoms with van der Waals surface area (Å²) in [6.45, 7) is 5.66. The van der Waals surface area contributed by atoms with Gasteiger partial charge in [-0.1, -0.05) is 19.1 Å². The van der Waals surface area contributed by atoms with Crippen LogP contribution < -0.4 is 5.32 Å². The lowest BCUT2D eigenvalue weighted by Gasteiger charge is -2.45. The molecule has 0 spiro atoms. The fourth-order valence-electron chi connectivity index (χ4n) is 2.45. The summed E-state index contributed by atoms with van der Waals surface area (Å²) in [7, 11) is 0. The van der Waals surface area contributed by atoms with Gasteiger partial charge in [-0.25, -0.2) is 0 Å². The van der Waals surface area contributed by atoms with Crippen molar-refractivity contribution < 1.29 is 14.7 Å². The van der Waals surface area contributed by atoms with Crippen molar-refractivity contribution in [2.45, 2.75) is 45.3 Å². The van der Waals surface area contributed by atoms with Gasteiger partial charge in [0, 0.05) is 6.54 Å².